The molecule has 1 aliphatic rings. The second kappa shape index (κ2) is 6.78. The summed E-state index contributed by atoms with van der Waals surface area (Å²) in [5.74, 6) is -0.262. The van der Waals surface area contributed by atoms with E-state index in [1.807, 2.05) is 32.0 Å². The summed E-state index contributed by atoms with van der Waals surface area (Å²) < 4.78 is 0.420. The standard InChI is InChI=1S/C18H14N2O3S2/c1-11-6-5-9-14(12(11)2)19-17(21)16(25-18(19)24)10-13-7-3-4-8-15(13)20(22)23/h3-10H,1-2H3/b16-10-. The van der Waals surface area contributed by atoms with Gasteiger partial charge in [0.1, 0.15) is 0 Å². The van der Waals surface area contributed by atoms with Gasteiger partial charge >= 0.3 is 0 Å². The number of rotatable bonds is 3. The first kappa shape index (κ1) is 17.3. The lowest BCUT2D eigenvalue weighted by atomic mass is 10.1. The number of amides is 1. The maximum Gasteiger partial charge on any atom is 0.276 e. The van der Waals surface area contributed by atoms with Gasteiger partial charge in [-0.15, -0.1) is 0 Å². The van der Waals surface area contributed by atoms with Gasteiger partial charge in [0.05, 0.1) is 21.1 Å². The zero-order valence-corrected chi connectivity index (χ0v) is 15.2. The highest BCUT2D eigenvalue weighted by molar-refractivity contribution is 8.27. The fourth-order valence-corrected chi connectivity index (χ4v) is 3.85. The summed E-state index contributed by atoms with van der Waals surface area (Å²) in [5, 5.41) is 11.2. The lowest BCUT2D eigenvalue weighted by molar-refractivity contribution is -0.385. The Kier molecular flexibility index (Phi) is 4.69. The summed E-state index contributed by atoms with van der Waals surface area (Å²) in [7, 11) is 0. The minimum Gasteiger partial charge on any atom is -0.268 e. The van der Waals surface area contributed by atoms with E-state index in [1.165, 1.54) is 17.0 Å². The molecule has 0 aliphatic carbocycles. The Balaban J connectivity index is 2.03. The van der Waals surface area contributed by atoms with Gasteiger partial charge in [0, 0.05) is 6.07 Å². The monoisotopic (exact) mass is 370 g/mol. The lowest BCUT2D eigenvalue weighted by Gasteiger charge is -2.18. The fraction of sp³-hybridized carbons (Fsp3) is 0.111. The van der Waals surface area contributed by atoms with Crippen LogP contribution < -0.4 is 4.90 Å². The van der Waals surface area contributed by atoms with Crippen LogP contribution >= 0.6 is 24.0 Å². The molecule has 1 amide bonds. The van der Waals surface area contributed by atoms with Crippen LogP contribution in [0.15, 0.2) is 47.4 Å². The number of anilines is 1. The third-order valence-corrected chi connectivity index (χ3v) is 5.33. The Morgan fingerprint density at radius 2 is 1.88 bits per heavy atom. The summed E-state index contributed by atoms with van der Waals surface area (Å²) in [6.07, 6.45) is 1.53. The van der Waals surface area contributed by atoms with E-state index in [2.05, 4.69) is 0 Å². The molecule has 2 aromatic carbocycles. The zero-order valence-electron chi connectivity index (χ0n) is 13.6. The van der Waals surface area contributed by atoms with Gasteiger partial charge in [0.2, 0.25) is 0 Å². The molecule has 0 spiro atoms. The first-order valence-electron chi connectivity index (χ1n) is 7.47. The Hall–Kier alpha value is -2.51. The second-order valence-corrected chi connectivity index (χ2v) is 7.23. The van der Waals surface area contributed by atoms with E-state index in [1.54, 1.807) is 18.2 Å². The van der Waals surface area contributed by atoms with Gasteiger partial charge in [-0.25, -0.2) is 0 Å². The van der Waals surface area contributed by atoms with E-state index in [0.29, 0.717) is 14.8 Å². The van der Waals surface area contributed by atoms with Crippen LogP contribution in [0.3, 0.4) is 0 Å². The van der Waals surface area contributed by atoms with Crippen LogP contribution in [-0.2, 0) is 4.79 Å². The van der Waals surface area contributed by atoms with Crippen molar-refractivity contribution in [1.29, 1.82) is 0 Å². The molecule has 0 aromatic heterocycles. The zero-order chi connectivity index (χ0) is 18.1. The molecule has 1 heterocycles. The van der Waals surface area contributed by atoms with Crippen molar-refractivity contribution in [3.8, 4) is 0 Å². The van der Waals surface area contributed by atoms with Crippen molar-refractivity contribution in [3.63, 3.8) is 0 Å². The highest BCUT2D eigenvalue weighted by Crippen LogP contribution is 2.38. The van der Waals surface area contributed by atoms with Gasteiger partial charge in [0.25, 0.3) is 11.6 Å². The molecule has 0 bridgehead atoms. The summed E-state index contributed by atoms with van der Waals surface area (Å²) in [4.78, 5) is 25.4. The number of hydrogen-bond donors (Lipinski definition) is 0. The van der Waals surface area contributed by atoms with Crippen molar-refractivity contribution in [2.75, 3.05) is 4.90 Å². The molecular formula is C18H14N2O3S2. The molecule has 0 unspecified atom stereocenters. The Morgan fingerprint density at radius 1 is 1.16 bits per heavy atom. The third-order valence-electron chi connectivity index (χ3n) is 4.03. The normalized spacial score (nSPS) is 15.9. The first-order valence-corrected chi connectivity index (χ1v) is 8.70. The van der Waals surface area contributed by atoms with E-state index in [9.17, 15) is 14.9 Å². The number of thioether (sulfide) groups is 1. The summed E-state index contributed by atoms with van der Waals surface area (Å²) >= 11 is 6.53. The topological polar surface area (TPSA) is 63.5 Å². The van der Waals surface area contributed by atoms with E-state index in [-0.39, 0.29) is 11.6 Å². The quantitative estimate of drug-likeness (QED) is 0.341. The largest absolute Gasteiger partial charge is 0.276 e. The van der Waals surface area contributed by atoms with Crippen molar-refractivity contribution in [3.05, 3.63) is 74.2 Å². The number of thiocarbonyl (C=S) groups is 1. The van der Waals surface area contributed by atoms with Gasteiger partial charge in [-0.05, 0) is 43.2 Å². The molecular weight excluding hydrogens is 356 g/mol. The molecule has 0 saturated carbocycles. The predicted molar refractivity (Wildman–Crippen MR) is 105 cm³/mol. The van der Waals surface area contributed by atoms with E-state index in [4.69, 9.17) is 12.2 Å². The minimum atomic E-state index is -0.461. The van der Waals surface area contributed by atoms with Crippen LogP contribution in [0.1, 0.15) is 16.7 Å². The average molecular weight is 370 g/mol. The summed E-state index contributed by atoms with van der Waals surface area (Å²) in [5.41, 5.74) is 3.13. The van der Waals surface area contributed by atoms with E-state index in [0.717, 1.165) is 28.6 Å². The maximum absolute atomic E-state index is 12.8. The number of carbonyl (C=O) groups excluding carboxylic acids is 1. The number of nitro groups is 1. The highest BCUT2D eigenvalue weighted by atomic mass is 32.2. The third kappa shape index (κ3) is 3.20. The SMILES string of the molecule is Cc1cccc(N2C(=O)/C(=C/c3ccccc3[N+](=O)[O-])SC2=S)c1C. The van der Waals surface area contributed by atoms with Gasteiger partial charge in [-0.2, -0.15) is 0 Å². The number of benzene rings is 2. The predicted octanol–water partition coefficient (Wildman–Crippen LogP) is 4.62. The summed E-state index contributed by atoms with van der Waals surface area (Å²) in [6.45, 7) is 3.91. The van der Waals surface area contributed by atoms with Crippen LogP contribution in [0.25, 0.3) is 6.08 Å². The van der Waals surface area contributed by atoms with Crippen molar-refractivity contribution in [2.45, 2.75) is 13.8 Å². The van der Waals surface area contributed by atoms with Crippen molar-refractivity contribution in [1.82, 2.24) is 0 Å². The molecule has 0 radical (unpaired) electrons. The van der Waals surface area contributed by atoms with E-state index < -0.39 is 4.92 Å². The molecule has 25 heavy (non-hydrogen) atoms. The number of nitro benzene ring substituents is 1. The first-order chi connectivity index (χ1) is 11.9. The van der Waals surface area contributed by atoms with Crippen LogP contribution in [0.5, 0.6) is 0 Å². The molecule has 0 atom stereocenters. The van der Waals surface area contributed by atoms with Crippen LogP contribution in [0, 0.1) is 24.0 Å². The fourth-order valence-electron chi connectivity index (χ4n) is 2.57. The Morgan fingerprint density at radius 3 is 2.60 bits per heavy atom. The van der Waals surface area contributed by atoms with Crippen molar-refractivity contribution < 1.29 is 9.72 Å². The van der Waals surface area contributed by atoms with Crippen molar-refractivity contribution >= 4 is 51.7 Å². The van der Waals surface area contributed by atoms with Gasteiger partial charge < -0.3 is 0 Å². The van der Waals surface area contributed by atoms with Crippen LogP contribution in [0.4, 0.5) is 11.4 Å². The van der Waals surface area contributed by atoms with Gasteiger partial charge in [0.15, 0.2) is 4.32 Å². The molecule has 2 aromatic rings. The molecule has 1 fully saturated rings. The number of nitrogens with zero attached hydrogens (tertiary/aromatic N) is 2. The molecule has 5 nitrogen and oxygen atoms in total. The maximum atomic E-state index is 12.8. The second-order valence-electron chi connectivity index (χ2n) is 5.55. The number of para-hydroxylation sites is 1. The summed E-state index contributed by atoms with van der Waals surface area (Å²) in [6, 6.07) is 12.0. The molecule has 1 aliphatic heterocycles. The average Bonchev–Trinajstić information content (AvgIpc) is 2.85. The molecule has 7 heteroatoms. The van der Waals surface area contributed by atoms with E-state index >= 15 is 0 Å². The number of aryl methyl sites for hydroxylation is 1. The molecule has 126 valence electrons. The number of carbonyl (C=O) groups is 1. The molecule has 0 N–H and O–H groups in total. The minimum absolute atomic E-state index is 0.0421. The number of hydrogen-bond acceptors (Lipinski definition) is 5. The van der Waals surface area contributed by atoms with Crippen molar-refractivity contribution in [2.24, 2.45) is 0 Å². The van der Waals surface area contributed by atoms with Gasteiger partial charge in [-0.3, -0.25) is 19.8 Å². The van der Waals surface area contributed by atoms with Gasteiger partial charge in [-0.1, -0.05) is 48.2 Å². The Labute approximate surface area is 154 Å². The lowest BCUT2D eigenvalue weighted by Crippen LogP contribution is -2.28. The molecule has 1 saturated heterocycles. The highest BCUT2D eigenvalue weighted by Gasteiger charge is 2.34. The van der Waals surface area contributed by atoms with Crippen LogP contribution in [-0.4, -0.2) is 15.2 Å². The van der Waals surface area contributed by atoms with Crippen LogP contribution in [0.2, 0.25) is 0 Å². The smallest absolute Gasteiger partial charge is 0.268 e. The molecule has 3 rings (SSSR count). The Bertz CT molecular complexity index is 938.